The number of halogens is 3. The van der Waals surface area contributed by atoms with Gasteiger partial charge in [-0.1, -0.05) is 30.3 Å². The Morgan fingerprint density at radius 2 is 1.80 bits per heavy atom. The minimum atomic E-state index is -4.39. The Labute approximate surface area is 148 Å². The van der Waals surface area contributed by atoms with E-state index in [9.17, 15) is 13.2 Å². The van der Waals surface area contributed by atoms with Crippen LogP contribution in [-0.2, 0) is 6.18 Å². The topological polar surface area (TPSA) is 21.3 Å². The van der Waals surface area contributed by atoms with Gasteiger partial charge in [0.05, 0.1) is 5.56 Å². The first-order valence-corrected chi connectivity index (χ1v) is 8.82. The van der Waals surface area contributed by atoms with E-state index in [0.29, 0.717) is 11.1 Å². The maximum atomic E-state index is 13.3. The molecule has 2 aromatic carbocycles. The summed E-state index contributed by atoms with van der Waals surface area (Å²) < 4.78 is 45.9. The van der Waals surface area contributed by atoms with Gasteiger partial charge in [-0.3, -0.25) is 0 Å². The van der Waals surface area contributed by atoms with Crippen molar-refractivity contribution in [2.24, 2.45) is 0 Å². The zero-order chi connectivity index (χ0) is 17.9. The van der Waals surface area contributed by atoms with Crippen LogP contribution >= 0.6 is 11.3 Å². The molecule has 1 atom stereocenters. The summed E-state index contributed by atoms with van der Waals surface area (Å²) in [5.41, 5.74) is -0.640. The van der Waals surface area contributed by atoms with Crippen molar-refractivity contribution in [1.29, 1.82) is 0 Å². The van der Waals surface area contributed by atoms with E-state index in [0.717, 1.165) is 23.9 Å². The lowest BCUT2D eigenvalue weighted by molar-refractivity contribution is -0.136. The minimum Gasteiger partial charge on any atom is -0.484 e. The molecule has 0 saturated carbocycles. The van der Waals surface area contributed by atoms with E-state index in [2.05, 4.69) is 5.32 Å². The molecule has 0 bridgehead atoms. The highest BCUT2D eigenvalue weighted by Crippen LogP contribution is 2.39. The predicted octanol–water partition coefficient (Wildman–Crippen LogP) is 5.65. The average molecular weight is 365 g/mol. The molecule has 0 radical (unpaired) electrons. The third-order valence-electron chi connectivity index (χ3n) is 3.98. The van der Waals surface area contributed by atoms with E-state index in [-0.39, 0.29) is 11.5 Å². The Kier molecular flexibility index (Phi) is 5.30. The maximum Gasteiger partial charge on any atom is 0.417 e. The van der Waals surface area contributed by atoms with Gasteiger partial charge in [-0.05, 0) is 42.6 Å². The average Bonchev–Trinajstić information content (AvgIpc) is 3.12. The minimum absolute atomic E-state index is 0.158. The fraction of sp³-hybridized carbons (Fsp3) is 0.263. The van der Waals surface area contributed by atoms with Crippen LogP contribution in [0.2, 0.25) is 0 Å². The van der Waals surface area contributed by atoms with Crippen LogP contribution in [0, 0.1) is 0 Å². The summed E-state index contributed by atoms with van der Waals surface area (Å²) in [4.78, 5) is 1.05. The molecule has 3 rings (SSSR count). The fourth-order valence-corrected chi connectivity index (χ4v) is 3.57. The van der Waals surface area contributed by atoms with Gasteiger partial charge in [0.1, 0.15) is 11.9 Å². The highest BCUT2D eigenvalue weighted by molar-refractivity contribution is 7.10. The summed E-state index contributed by atoms with van der Waals surface area (Å²) in [7, 11) is 1.86. The Hall–Kier alpha value is -2.05. The lowest BCUT2D eigenvalue weighted by Gasteiger charge is -2.20. The quantitative estimate of drug-likeness (QED) is 0.609. The SMILES string of the molecule is CNCCC(Oc1ccc(C(F)(F)F)c2ccccc12)c1cccs1. The molecule has 1 heterocycles. The molecule has 0 fully saturated rings. The second-order valence-corrected chi connectivity index (χ2v) is 6.65. The summed E-state index contributed by atoms with van der Waals surface area (Å²) in [6.07, 6.45) is -3.86. The van der Waals surface area contributed by atoms with Crippen LogP contribution in [0.5, 0.6) is 5.75 Å². The first kappa shape index (κ1) is 17.8. The van der Waals surface area contributed by atoms with Gasteiger partial charge in [0.2, 0.25) is 0 Å². The first-order valence-electron chi connectivity index (χ1n) is 7.94. The van der Waals surface area contributed by atoms with Crippen molar-refractivity contribution in [3.8, 4) is 5.75 Å². The van der Waals surface area contributed by atoms with Crippen LogP contribution in [0.25, 0.3) is 10.8 Å². The maximum absolute atomic E-state index is 13.3. The molecule has 132 valence electrons. The molecule has 6 heteroatoms. The predicted molar refractivity (Wildman–Crippen MR) is 95.2 cm³/mol. The zero-order valence-electron chi connectivity index (χ0n) is 13.6. The van der Waals surface area contributed by atoms with Crippen molar-refractivity contribution >= 4 is 22.1 Å². The lowest BCUT2D eigenvalue weighted by Crippen LogP contribution is -2.16. The van der Waals surface area contributed by atoms with Gasteiger partial charge in [-0.2, -0.15) is 13.2 Å². The van der Waals surface area contributed by atoms with Crippen molar-refractivity contribution in [2.75, 3.05) is 13.6 Å². The molecule has 1 N–H and O–H groups in total. The summed E-state index contributed by atoms with van der Waals surface area (Å²) in [6, 6.07) is 12.9. The van der Waals surface area contributed by atoms with E-state index >= 15 is 0 Å². The number of alkyl halides is 3. The van der Waals surface area contributed by atoms with Crippen LogP contribution in [-0.4, -0.2) is 13.6 Å². The molecule has 25 heavy (non-hydrogen) atoms. The van der Waals surface area contributed by atoms with E-state index in [1.165, 1.54) is 12.1 Å². The summed E-state index contributed by atoms with van der Waals surface area (Å²) >= 11 is 1.58. The van der Waals surface area contributed by atoms with E-state index in [1.54, 1.807) is 29.5 Å². The number of rotatable bonds is 6. The zero-order valence-corrected chi connectivity index (χ0v) is 14.5. The van der Waals surface area contributed by atoms with Gasteiger partial charge < -0.3 is 10.1 Å². The van der Waals surface area contributed by atoms with E-state index in [4.69, 9.17) is 4.74 Å². The highest BCUT2D eigenvalue weighted by atomic mass is 32.1. The van der Waals surface area contributed by atoms with Crippen LogP contribution in [0.15, 0.2) is 53.9 Å². The fourth-order valence-electron chi connectivity index (χ4n) is 2.78. The Morgan fingerprint density at radius 3 is 2.44 bits per heavy atom. The van der Waals surface area contributed by atoms with Gasteiger partial charge in [0, 0.05) is 16.7 Å². The molecule has 2 nitrogen and oxygen atoms in total. The largest absolute Gasteiger partial charge is 0.484 e. The molecule has 0 spiro atoms. The number of hydrogen-bond acceptors (Lipinski definition) is 3. The summed E-state index contributed by atoms with van der Waals surface area (Å²) in [5, 5.41) is 5.69. The van der Waals surface area contributed by atoms with Crippen molar-refractivity contribution in [1.82, 2.24) is 5.32 Å². The van der Waals surface area contributed by atoms with Gasteiger partial charge in [-0.25, -0.2) is 0 Å². The van der Waals surface area contributed by atoms with Crippen molar-refractivity contribution < 1.29 is 17.9 Å². The summed E-state index contributed by atoms with van der Waals surface area (Å²) in [6.45, 7) is 0.751. The Morgan fingerprint density at radius 1 is 1.04 bits per heavy atom. The van der Waals surface area contributed by atoms with Gasteiger partial charge >= 0.3 is 6.18 Å². The molecular formula is C19H18F3NOS. The second kappa shape index (κ2) is 7.45. The van der Waals surface area contributed by atoms with Crippen molar-refractivity contribution in [3.63, 3.8) is 0 Å². The molecule has 1 unspecified atom stereocenters. The number of ether oxygens (including phenoxy) is 1. The molecule has 0 aliphatic rings. The number of hydrogen-bond donors (Lipinski definition) is 1. The van der Waals surface area contributed by atoms with Gasteiger partial charge in [-0.15, -0.1) is 11.3 Å². The number of thiophene rings is 1. The first-order chi connectivity index (χ1) is 12.0. The van der Waals surface area contributed by atoms with Gasteiger partial charge in [0.15, 0.2) is 0 Å². The molecule has 0 amide bonds. The second-order valence-electron chi connectivity index (χ2n) is 5.67. The van der Waals surface area contributed by atoms with Crippen LogP contribution in [0.4, 0.5) is 13.2 Å². The smallest absolute Gasteiger partial charge is 0.417 e. The molecule has 3 aromatic rings. The third-order valence-corrected chi connectivity index (χ3v) is 4.94. The molecule has 0 aliphatic carbocycles. The Balaban J connectivity index is 2.00. The standard InChI is InChI=1S/C19H18F3NOS/c1-23-11-10-17(18-7-4-12-25-18)24-16-9-8-15(19(20,21)22)13-5-2-3-6-14(13)16/h2-9,12,17,23H,10-11H2,1H3. The van der Waals surface area contributed by atoms with E-state index < -0.39 is 11.7 Å². The molecule has 0 aliphatic heterocycles. The highest BCUT2D eigenvalue weighted by Gasteiger charge is 2.33. The molecule has 1 aromatic heterocycles. The number of benzene rings is 2. The van der Waals surface area contributed by atoms with Crippen molar-refractivity contribution in [3.05, 3.63) is 64.4 Å². The van der Waals surface area contributed by atoms with Crippen LogP contribution < -0.4 is 10.1 Å². The van der Waals surface area contributed by atoms with E-state index in [1.807, 2.05) is 24.6 Å². The normalized spacial score (nSPS) is 13.1. The Bertz CT molecular complexity index is 830. The molecule has 0 saturated heterocycles. The van der Waals surface area contributed by atoms with Crippen LogP contribution in [0.1, 0.15) is 23.0 Å². The monoisotopic (exact) mass is 365 g/mol. The van der Waals surface area contributed by atoms with Crippen molar-refractivity contribution in [2.45, 2.75) is 18.7 Å². The summed E-state index contributed by atoms with van der Waals surface area (Å²) in [5.74, 6) is 0.470. The lowest BCUT2D eigenvalue weighted by atomic mass is 10.0. The van der Waals surface area contributed by atoms with Crippen LogP contribution in [0.3, 0.4) is 0 Å². The van der Waals surface area contributed by atoms with Gasteiger partial charge in [0.25, 0.3) is 0 Å². The number of fused-ring (bicyclic) bond motifs is 1. The third kappa shape index (κ3) is 3.96. The number of nitrogens with one attached hydrogen (secondary N) is 1. The molecular weight excluding hydrogens is 347 g/mol.